The lowest BCUT2D eigenvalue weighted by atomic mass is 9.46. The highest BCUT2D eigenvalue weighted by molar-refractivity contribution is 6.01. The number of aliphatic hydroxyl groups excluding tert-OH is 1. The quantitative estimate of drug-likeness (QED) is 0.111. The average Bonchev–Trinajstić information content (AvgIpc) is 3.39. The van der Waals surface area contributed by atoms with Crippen molar-refractivity contribution in [2.24, 2.45) is 40.2 Å². The molecule has 0 bridgehead atoms. The summed E-state index contributed by atoms with van der Waals surface area (Å²) in [6.45, 7) is 6.07. The van der Waals surface area contributed by atoms with E-state index in [9.17, 15) is 39.0 Å². The third-order valence-corrected chi connectivity index (χ3v) is 12.2. The number of carbonyl (C=O) groups excluding carboxylic acids is 6. The first-order valence-electron chi connectivity index (χ1n) is 18.1. The van der Waals surface area contributed by atoms with Gasteiger partial charge in [-0.2, -0.15) is 0 Å². The number of hydrogen-bond acceptors (Lipinski definition) is 12. The number of nitrogens with two attached hydrogens (primary N) is 1. The van der Waals surface area contributed by atoms with Crippen molar-refractivity contribution >= 4 is 35.6 Å². The fraction of sp³-hybridized carbons (Fsp3) is 0.550. The molecule has 1 amide bonds. The summed E-state index contributed by atoms with van der Waals surface area (Å²) in [5, 5.41) is 23.5. The van der Waals surface area contributed by atoms with E-state index >= 15 is 0 Å². The van der Waals surface area contributed by atoms with Crippen molar-refractivity contribution in [3.8, 4) is 0 Å². The number of esters is 2. The molecule has 5 rings (SSSR count). The number of allylic oxidation sites excluding steroid dienone is 6. The second-order valence-electron chi connectivity index (χ2n) is 15.2. The van der Waals surface area contributed by atoms with E-state index in [1.54, 1.807) is 19.1 Å². The molecule has 0 aromatic heterocycles. The molecular formula is C40H49NO12. The van der Waals surface area contributed by atoms with Gasteiger partial charge in [-0.15, -0.1) is 0 Å². The zero-order valence-electron chi connectivity index (χ0n) is 30.6. The number of aliphatic hydroxyl groups is 2. The number of ether oxygens (including phenoxy) is 4. The molecule has 3 saturated carbocycles. The van der Waals surface area contributed by atoms with Gasteiger partial charge in [0.05, 0.1) is 23.7 Å². The summed E-state index contributed by atoms with van der Waals surface area (Å²) in [6.07, 6.45) is 8.74. The van der Waals surface area contributed by atoms with Crippen LogP contribution in [0.4, 0.5) is 4.79 Å². The summed E-state index contributed by atoms with van der Waals surface area (Å²) in [4.78, 5) is 74.7. The standard InChI is InChI=1S/C40H49NO12/c1-5-6-7-23(2)31(19-33(41)45)53-37(48)52-22-51-36(47)25-10-8-24(9-11-25)35(46)50-21-32(44)40(49)17-15-29-28-13-12-26-18-27(42)14-16-38(26,3)34(28)30(43)20-39(29,40)4/h5-6,8-11,14,16,18,23,28-31,34,43,49H,7,12-13,15,17,19-22H2,1-4H3,(H2,41,45)/b6-5+/t23-,28?,29?,30+,31+,34?,38+,39+,40+/m1/s1. The van der Waals surface area contributed by atoms with Gasteiger partial charge in [0, 0.05) is 16.7 Å². The summed E-state index contributed by atoms with van der Waals surface area (Å²) in [5.41, 5.74) is 3.12. The van der Waals surface area contributed by atoms with Crippen LogP contribution in [0.3, 0.4) is 0 Å². The van der Waals surface area contributed by atoms with Crippen LogP contribution >= 0.6 is 0 Å². The number of ketones is 2. The van der Waals surface area contributed by atoms with Crippen LogP contribution in [0.5, 0.6) is 0 Å². The van der Waals surface area contributed by atoms with Gasteiger partial charge in [0.2, 0.25) is 18.5 Å². The van der Waals surface area contributed by atoms with Crippen LogP contribution in [0.15, 0.2) is 60.2 Å². The Morgan fingerprint density at radius 2 is 1.68 bits per heavy atom. The highest BCUT2D eigenvalue weighted by Crippen LogP contribution is 2.67. The van der Waals surface area contributed by atoms with Crippen LogP contribution in [0.2, 0.25) is 0 Å². The number of carbonyl (C=O) groups is 6. The van der Waals surface area contributed by atoms with Gasteiger partial charge in [-0.25, -0.2) is 14.4 Å². The van der Waals surface area contributed by atoms with Crippen molar-refractivity contribution < 1.29 is 57.9 Å². The van der Waals surface area contributed by atoms with Gasteiger partial charge >= 0.3 is 18.1 Å². The number of amides is 1. The lowest BCUT2D eigenvalue weighted by Crippen LogP contribution is -2.61. The summed E-state index contributed by atoms with van der Waals surface area (Å²) < 4.78 is 20.3. The van der Waals surface area contributed by atoms with E-state index in [-0.39, 0.29) is 59.8 Å². The third-order valence-electron chi connectivity index (χ3n) is 12.2. The number of Topliss-reactive ketones (excluding diaryl/α,β-unsaturated/α-hetero) is 1. The van der Waals surface area contributed by atoms with E-state index in [2.05, 4.69) is 6.92 Å². The molecule has 0 heterocycles. The highest BCUT2D eigenvalue weighted by atomic mass is 16.8. The predicted molar refractivity (Wildman–Crippen MR) is 189 cm³/mol. The maximum absolute atomic E-state index is 13.6. The summed E-state index contributed by atoms with van der Waals surface area (Å²) >= 11 is 0. The molecular weight excluding hydrogens is 686 g/mol. The molecule has 4 N–H and O–H groups in total. The maximum Gasteiger partial charge on any atom is 0.511 e. The van der Waals surface area contributed by atoms with E-state index in [4.69, 9.17) is 24.7 Å². The molecule has 1 aromatic carbocycles. The molecule has 3 fully saturated rings. The first kappa shape index (κ1) is 39.6. The van der Waals surface area contributed by atoms with Gasteiger partial charge in [-0.3, -0.25) is 14.4 Å². The van der Waals surface area contributed by atoms with Crippen LogP contribution < -0.4 is 5.73 Å². The zero-order chi connectivity index (χ0) is 38.7. The number of hydrogen-bond donors (Lipinski definition) is 3. The summed E-state index contributed by atoms with van der Waals surface area (Å²) in [5.74, 6) is -3.45. The van der Waals surface area contributed by atoms with Crippen LogP contribution in [0.25, 0.3) is 0 Å². The fourth-order valence-corrected chi connectivity index (χ4v) is 9.30. The Morgan fingerprint density at radius 3 is 2.32 bits per heavy atom. The van der Waals surface area contributed by atoms with Gasteiger partial charge in [0.15, 0.2) is 12.4 Å². The molecule has 1 aromatic rings. The predicted octanol–water partition coefficient (Wildman–Crippen LogP) is 4.54. The van der Waals surface area contributed by atoms with E-state index in [1.165, 1.54) is 24.3 Å². The molecule has 13 nitrogen and oxygen atoms in total. The van der Waals surface area contributed by atoms with E-state index < -0.39 is 71.8 Å². The lowest BCUT2D eigenvalue weighted by Gasteiger charge is -2.59. The van der Waals surface area contributed by atoms with Gasteiger partial charge in [0.25, 0.3) is 0 Å². The minimum absolute atomic E-state index is 0.0290. The number of fused-ring (bicyclic) bond motifs is 5. The molecule has 9 atom stereocenters. The van der Waals surface area contributed by atoms with E-state index in [0.29, 0.717) is 19.3 Å². The van der Waals surface area contributed by atoms with Gasteiger partial charge in [-0.1, -0.05) is 44.6 Å². The van der Waals surface area contributed by atoms with Crippen LogP contribution in [-0.2, 0) is 33.3 Å². The van der Waals surface area contributed by atoms with Crippen LogP contribution in [0.1, 0.15) is 93.4 Å². The van der Waals surface area contributed by atoms with E-state index in [1.807, 2.05) is 32.1 Å². The van der Waals surface area contributed by atoms with Crippen molar-refractivity contribution in [2.45, 2.75) is 90.4 Å². The Kier molecular flexibility index (Phi) is 11.8. The number of primary amides is 1. The van der Waals surface area contributed by atoms with Crippen molar-refractivity contribution in [3.63, 3.8) is 0 Å². The largest absolute Gasteiger partial charge is 0.511 e. The SMILES string of the molecule is C/C=C/C[C@@H](C)[C@H](CC(N)=O)OC(=O)OCOC(=O)c1ccc(C(=O)OCC(=O)[C@@]2(O)CCC3C4CCC5=CC(=O)C=C[C@]5(C)C4[C@@H](O)C[C@@]32C)cc1. The lowest BCUT2D eigenvalue weighted by molar-refractivity contribution is -0.178. The van der Waals surface area contributed by atoms with Crippen LogP contribution in [-0.4, -0.2) is 77.0 Å². The molecule has 53 heavy (non-hydrogen) atoms. The second kappa shape index (κ2) is 15.8. The molecule has 0 aliphatic heterocycles. The molecule has 3 unspecified atom stereocenters. The third kappa shape index (κ3) is 7.87. The normalized spacial score (nSPS) is 31.3. The van der Waals surface area contributed by atoms with Gasteiger partial charge in [-0.05, 0) is 99.6 Å². The Morgan fingerprint density at radius 1 is 1.02 bits per heavy atom. The Hall–Kier alpha value is -4.62. The first-order valence-corrected chi connectivity index (χ1v) is 18.1. The smallest absolute Gasteiger partial charge is 0.454 e. The molecule has 0 spiro atoms. The Balaban J connectivity index is 1.12. The van der Waals surface area contributed by atoms with Crippen molar-refractivity contribution in [2.75, 3.05) is 13.4 Å². The van der Waals surface area contributed by atoms with Crippen LogP contribution in [0, 0.1) is 34.5 Å². The molecule has 4 aliphatic carbocycles. The minimum atomic E-state index is -1.81. The van der Waals surface area contributed by atoms with Gasteiger partial charge < -0.3 is 34.9 Å². The molecule has 286 valence electrons. The summed E-state index contributed by atoms with van der Waals surface area (Å²) in [7, 11) is 0. The average molecular weight is 736 g/mol. The minimum Gasteiger partial charge on any atom is -0.454 e. The number of benzene rings is 1. The molecule has 4 aliphatic rings. The molecule has 0 radical (unpaired) electrons. The summed E-state index contributed by atoms with van der Waals surface area (Å²) in [6, 6.07) is 5.20. The topological polar surface area (TPSA) is 206 Å². The highest BCUT2D eigenvalue weighted by Gasteiger charge is 2.68. The van der Waals surface area contributed by atoms with Crippen molar-refractivity contribution in [1.82, 2.24) is 0 Å². The fourth-order valence-electron chi connectivity index (χ4n) is 9.30. The molecule has 13 heteroatoms. The van der Waals surface area contributed by atoms with E-state index in [0.717, 1.165) is 12.0 Å². The van der Waals surface area contributed by atoms with Gasteiger partial charge in [0.1, 0.15) is 11.7 Å². The van der Waals surface area contributed by atoms with Crippen molar-refractivity contribution in [1.29, 1.82) is 0 Å². The monoisotopic (exact) mass is 735 g/mol. The maximum atomic E-state index is 13.6. The second-order valence-corrected chi connectivity index (χ2v) is 15.2. The molecule has 0 saturated heterocycles. The zero-order valence-corrected chi connectivity index (χ0v) is 30.6. The first-order chi connectivity index (χ1) is 25.0. The van der Waals surface area contributed by atoms with Crippen molar-refractivity contribution in [3.05, 3.63) is 71.3 Å². The Bertz CT molecular complexity index is 1710. The number of rotatable bonds is 13. The Labute approximate surface area is 308 Å².